The van der Waals surface area contributed by atoms with Crippen LogP contribution in [0, 0.1) is 25.7 Å². The van der Waals surface area contributed by atoms with Crippen molar-refractivity contribution in [2.24, 2.45) is 11.8 Å². The van der Waals surface area contributed by atoms with Crippen LogP contribution < -0.4 is 5.32 Å². The molecule has 0 aromatic carbocycles. The van der Waals surface area contributed by atoms with E-state index in [2.05, 4.69) is 39.1 Å². The monoisotopic (exact) mass is 307 g/mol. The Morgan fingerprint density at radius 2 is 1.90 bits per heavy atom. The summed E-state index contributed by atoms with van der Waals surface area (Å²) in [6.07, 6.45) is 9.99. The molecule has 1 atom stereocenters. The lowest BCUT2D eigenvalue weighted by molar-refractivity contribution is 0.215. The van der Waals surface area contributed by atoms with Crippen molar-refractivity contribution in [1.29, 1.82) is 0 Å². The van der Waals surface area contributed by atoms with E-state index < -0.39 is 0 Å². The molecule has 0 bridgehead atoms. The molecule has 1 aliphatic carbocycles. The summed E-state index contributed by atoms with van der Waals surface area (Å²) in [5.41, 5.74) is 1.50. The molecule has 1 N–H and O–H groups in total. The quantitative estimate of drug-likeness (QED) is 0.650. The van der Waals surface area contributed by atoms with Crippen LogP contribution >= 0.6 is 11.3 Å². The van der Waals surface area contributed by atoms with Gasteiger partial charge in [0.2, 0.25) is 0 Å². The second-order valence-electron chi connectivity index (χ2n) is 6.86. The maximum atomic E-state index is 3.79. The van der Waals surface area contributed by atoms with Gasteiger partial charge in [0.15, 0.2) is 0 Å². The lowest BCUT2D eigenvalue weighted by Gasteiger charge is -2.34. The van der Waals surface area contributed by atoms with E-state index in [9.17, 15) is 0 Å². The minimum Gasteiger partial charge on any atom is -0.309 e. The van der Waals surface area contributed by atoms with Gasteiger partial charge < -0.3 is 5.32 Å². The molecule has 1 unspecified atom stereocenters. The van der Waals surface area contributed by atoms with Gasteiger partial charge in [0.25, 0.3) is 0 Å². The molecule has 1 aromatic rings. The highest BCUT2D eigenvalue weighted by Crippen LogP contribution is 2.41. The molecule has 1 aromatic heterocycles. The van der Waals surface area contributed by atoms with Gasteiger partial charge in [0.1, 0.15) is 0 Å². The lowest BCUT2D eigenvalue weighted by atomic mass is 9.76. The molecule has 0 radical (unpaired) electrons. The van der Waals surface area contributed by atoms with Gasteiger partial charge >= 0.3 is 0 Å². The van der Waals surface area contributed by atoms with Gasteiger partial charge in [-0.25, -0.2) is 0 Å². The fraction of sp³-hybridized carbons (Fsp3) is 0.789. The van der Waals surface area contributed by atoms with Crippen LogP contribution in [-0.2, 0) is 0 Å². The molecule has 1 saturated carbocycles. The Bertz CT molecular complexity index is 415. The van der Waals surface area contributed by atoms with Gasteiger partial charge in [-0.15, -0.1) is 11.3 Å². The fourth-order valence-electron chi connectivity index (χ4n) is 3.96. The van der Waals surface area contributed by atoms with Crippen molar-refractivity contribution in [3.05, 3.63) is 21.4 Å². The van der Waals surface area contributed by atoms with Crippen molar-refractivity contribution in [2.45, 2.75) is 78.7 Å². The van der Waals surface area contributed by atoms with Crippen molar-refractivity contribution in [2.75, 3.05) is 6.54 Å². The number of unbranched alkanes of at least 4 members (excludes halogenated alkanes) is 1. The topological polar surface area (TPSA) is 12.0 Å². The van der Waals surface area contributed by atoms with Crippen LogP contribution in [0.25, 0.3) is 0 Å². The molecule has 2 rings (SSSR count). The van der Waals surface area contributed by atoms with E-state index in [1.54, 1.807) is 4.88 Å². The van der Waals surface area contributed by atoms with Crippen LogP contribution in [-0.4, -0.2) is 6.54 Å². The van der Waals surface area contributed by atoms with Crippen LogP contribution in [0.4, 0.5) is 0 Å². The minimum atomic E-state index is 0.598. The Balaban J connectivity index is 1.98. The summed E-state index contributed by atoms with van der Waals surface area (Å²) in [6.45, 7) is 10.2. The number of thiophene rings is 1. The molecular weight excluding hydrogens is 274 g/mol. The smallest absolute Gasteiger partial charge is 0.0446 e. The lowest BCUT2D eigenvalue weighted by Crippen LogP contribution is -2.30. The standard InChI is InChI=1S/C19H33NS/c1-5-7-8-16-9-11-17(12-10-16)18(20-6-2)19-14(3)13-15(4)21-19/h13,16-18,20H,5-12H2,1-4H3. The summed E-state index contributed by atoms with van der Waals surface area (Å²) >= 11 is 2.01. The molecule has 0 amide bonds. The Morgan fingerprint density at radius 1 is 1.19 bits per heavy atom. The highest BCUT2D eigenvalue weighted by atomic mass is 32.1. The number of hydrogen-bond donors (Lipinski definition) is 1. The summed E-state index contributed by atoms with van der Waals surface area (Å²) in [7, 11) is 0. The molecule has 2 heteroatoms. The number of aryl methyl sites for hydroxylation is 2. The van der Waals surface area contributed by atoms with E-state index >= 15 is 0 Å². The van der Waals surface area contributed by atoms with E-state index in [0.717, 1.165) is 18.4 Å². The number of hydrogen-bond acceptors (Lipinski definition) is 2. The second kappa shape index (κ2) is 8.33. The zero-order chi connectivity index (χ0) is 15.2. The number of nitrogens with one attached hydrogen (secondary N) is 1. The summed E-state index contributed by atoms with van der Waals surface area (Å²) in [6, 6.07) is 2.96. The highest BCUT2D eigenvalue weighted by Gasteiger charge is 2.29. The summed E-state index contributed by atoms with van der Waals surface area (Å²) in [4.78, 5) is 3.06. The Hall–Kier alpha value is -0.340. The molecule has 120 valence electrons. The fourth-order valence-corrected chi connectivity index (χ4v) is 5.17. The molecule has 0 aliphatic heterocycles. The molecule has 1 fully saturated rings. The molecule has 21 heavy (non-hydrogen) atoms. The average Bonchev–Trinajstić information content (AvgIpc) is 2.82. The Labute approximate surface area is 135 Å². The van der Waals surface area contributed by atoms with Gasteiger partial charge in [-0.05, 0) is 56.7 Å². The summed E-state index contributed by atoms with van der Waals surface area (Å²) in [5.74, 6) is 1.86. The third-order valence-corrected chi connectivity index (χ3v) is 6.35. The van der Waals surface area contributed by atoms with Crippen molar-refractivity contribution in [3.8, 4) is 0 Å². The largest absolute Gasteiger partial charge is 0.309 e. The van der Waals surface area contributed by atoms with Gasteiger partial charge in [0.05, 0.1) is 0 Å². The van der Waals surface area contributed by atoms with E-state index in [0.29, 0.717) is 6.04 Å². The maximum Gasteiger partial charge on any atom is 0.0446 e. The first kappa shape index (κ1) is 17.0. The van der Waals surface area contributed by atoms with Crippen LogP contribution in [0.5, 0.6) is 0 Å². The third-order valence-electron chi connectivity index (χ3n) is 5.11. The zero-order valence-electron chi connectivity index (χ0n) is 14.4. The van der Waals surface area contributed by atoms with Crippen LogP contribution in [0.2, 0.25) is 0 Å². The molecule has 0 spiro atoms. The predicted molar refractivity (Wildman–Crippen MR) is 95.2 cm³/mol. The molecule has 1 nitrogen and oxygen atoms in total. The molecule has 1 heterocycles. The normalized spacial score (nSPS) is 24.2. The first-order chi connectivity index (χ1) is 10.2. The Kier molecular flexibility index (Phi) is 6.75. The van der Waals surface area contributed by atoms with Crippen molar-refractivity contribution >= 4 is 11.3 Å². The second-order valence-corrected chi connectivity index (χ2v) is 8.15. The summed E-state index contributed by atoms with van der Waals surface area (Å²) in [5, 5.41) is 3.79. The molecular formula is C19H33NS. The minimum absolute atomic E-state index is 0.598. The van der Waals surface area contributed by atoms with E-state index in [1.165, 1.54) is 55.4 Å². The third kappa shape index (κ3) is 4.56. The van der Waals surface area contributed by atoms with E-state index in [-0.39, 0.29) is 0 Å². The summed E-state index contributed by atoms with van der Waals surface area (Å²) < 4.78 is 0. The van der Waals surface area contributed by atoms with Crippen LogP contribution in [0.1, 0.15) is 80.2 Å². The van der Waals surface area contributed by atoms with E-state index in [1.807, 2.05) is 11.3 Å². The Morgan fingerprint density at radius 3 is 2.43 bits per heavy atom. The SMILES string of the molecule is CCCCC1CCC(C(NCC)c2sc(C)cc2C)CC1. The van der Waals surface area contributed by atoms with Gasteiger partial charge in [0, 0.05) is 15.8 Å². The van der Waals surface area contributed by atoms with Crippen molar-refractivity contribution in [1.82, 2.24) is 5.32 Å². The zero-order valence-corrected chi connectivity index (χ0v) is 15.2. The highest BCUT2D eigenvalue weighted by molar-refractivity contribution is 7.12. The van der Waals surface area contributed by atoms with Crippen molar-refractivity contribution < 1.29 is 0 Å². The van der Waals surface area contributed by atoms with Gasteiger partial charge in [-0.3, -0.25) is 0 Å². The van der Waals surface area contributed by atoms with Gasteiger partial charge in [-0.2, -0.15) is 0 Å². The van der Waals surface area contributed by atoms with Crippen molar-refractivity contribution in [3.63, 3.8) is 0 Å². The number of rotatable bonds is 7. The molecule has 1 aliphatic rings. The average molecular weight is 308 g/mol. The maximum absolute atomic E-state index is 3.79. The first-order valence-electron chi connectivity index (χ1n) is 8.96. The van der Waals surface area contributed by atoms with Gasteiger partial charge in [-0.1, -0.05) is 46.0 Å². The van der Waals surface area contributed by atoms with Crippen LogP contribution in [0.15, 0.2) is 6.07 Å². The molecule has 0 saturated heterocycles. The predicted octanol–water partition coefficient (Wildman–Crippen LogP) is 6.01. The first-order valence-corrected chi connectivity index (χ1v) is 9.77. The van der Waals surface area contributed by atoms with E-state index in [4.69, 9.17) is 0 Å². The van der Waals surface area contributed by atoms with Crippen LogP contribution in [0.3, 0.4) is 0 Å².